The second kappa shape index (κ2) is 7.40. The molecule has 3 aliphatic heterocycles. The molecule has 2 fully saturated rings. The number of fused-ring (bicyclic) bond motifs is 2. The van der Waals surface area contributed by atoms with E-state index in [2.05, 4.69) is 0 Å². The summed E-state index contributed by atoms with van der Waals surface area (Å²) in [5.41, 5.74) is 3.78. The van der Waals surface area contributed by atoms with Crippen molar-refractivity contribution in [3.8, 4) is 22.5 Å². The molecule has 1 aliphatic carbocycles. The van der Waals surface area contributed by atoms with Crippen LogP contribution in [-0.4, -0.2) is 49.6 Å². The number of anilines is 1. The van der Waals surface area contributed by atoms with Crippen molar-refractivity contribution < 1.29 is 23.1 Å². The lowest BCUT2D eigenvalue weighted by molar-refractivity contribution is 0.0697. The second-order valence-electron chi connectivity index (χ2n) is 8.69. The average molecular weight is 447 g/mol. The molecule has 5 nitrogen and oxygen atoms in total. The first-order chi connectivity index (χ1) is 16.0. The van der Waals surface area contributed by atoms with E-state index < -0.39 is 18.3 Å². The Labute approximate surface area is 188 Å². The van der Waals surface area contributed by atoms with Crippen LogP contribution in [0.5, 0.6) is 0 Å². The van der Waals surface area contributed by atoms with Crippen LogP contribution in [-0.2, 0) is 0 Å². The van der Waals surface area contributed by atoms with Crippen molar-refractivity contribution in [3.63, 3.8) is 0 Å². The summed E-state index contributed by atoms with van der Waals surface area (Å²) in [5, 5.41) is 11.5. The number of carbonyl (C=O) groups is 1. The first-order valence-electron chi connectivity index (χ1n) is 10.9. The molecule has 0 spiro atoms. The van der Waals surface area contributed by atoms with Crippen LogP contribution in [0.3, 0.4) is 0 Å². The van der Waals surface area contributed by atoms with Gasteiger partial charge < -0.3 is 14.4 Å². The SMILES string of the molecule is O=C(O)c1ccccc1-c1c2ccc(=[N+]3CC(F)C3)cc-2oc2cc(N3CC(F)C3)ccc12. The van der Waals surface area contributed by atoms with Crippen LogP contribution in [0.1, 0.15) is 10.4 Å². The molecule has 0 atom stereocenters. The average Bonchev–Trinajstić information content (AvgIpc) is 2.77. The molecule has 33 heavy (non-hydrogen) atoms. The molecule has 166 valence electrons. The van der Waals surface area contributed by atoms with Crippen molar-refractivity contribution in [2.24, 2.45) is 0 Å². The molecule has 0 bridgehead atoms. The Morgan fingerprint density at radius 3 is 2.48 bits per heavy atom. The zero-order valence-corrected chi connectivity index (χ0v) is 17.7. The fourth-order valence-corrected chi connectivity index (χ4v) is 4.71. The van der Waals surface area contributed by atoms with E-state index in [0.29, 0.717) is 43.1 Å². The van der Waals surface area contributed by atoms with Gasteiger partial charge in [-0.25, -0.2) is 18.2 Å². The van der Waals surface area contributed by atoms with Crippen molar-refractivity contribution >= 4 is 22.6 Å². The van der Waals surface area contributed by atoms with E-state index in [4.69, 9.17) is 4.42 Å². The molecule has 2 aromatic carbocycles. The molecule has 4 aliphatic rings. The summed E-state index contributed by atoms with van der Waals surface area (Å²) < 4.78 is 35.1. The molecule has 0 aromatic heterocycles. The molecule has 7 heteroatoms. The number of halogens is 2. The minimum atomic E-state index is -1.01. The van der Waals surface area contributed by atoms with Gasteiger partial charge in [-0.15, -0.1) is 0 Å². The molecular weight excluding hydrogens is 426 g/mol. The Balaban J connectivity index is 1.64. The Hall–Kier alpha value is -3.74. The summed E-state index contributed by atoms with van der Waals surface area (Å²) in [6.45, 7) is 1.38. The number of benzene rings is 3. The maximum absolute atomic E-state index is 13.4. The van der Waals surface area contributed by atoms with Gasteiger partial charge in [0, 0.05) is 34.3 Å². The van der Waals surface area contributed by atoms with Crippen LogP contribution < -0.4 is 14.8 Å². The van der Waals surface area contributed by atoms with Crippen LogP contribution >= 0.6 is 0 Å². The van der Waals surface area contributed by atoms with E-state index in [0.717, 1.165) is 27.6 Å². The second-order valence-corrected chi connectivity index (χ2v) is 8.69. The molecule has 1 N–H and O–H groups in total. The van der Waals surface area contributed by atoms with Gasteiger partial charge in [0.15, 0.2) is 13.1 Å². The number of hydrogen-bond donors (Lipinski definition) is 1. The molecular formula is C26H21F2N2O3+. The van der Waals surface area contributed by atoms with Crippen LogP contribution in [0.25, 0.3) is 33.4 Å². The number of alkyl halides is 2. The first-order valence-corrected chi connectivity index (χ1v) is 10.9. The minimum Gasteiger partial charge on any atom is -0.478 e. The molecule has 0 amide bonds. The maximum Gasteiger partial charge on any atom is 0.336 e. The van der Waals surface area contributed by atoms with Crippen molar-refractivity contribution in [1.29, 1.82) is 0 Å². The molecule has 2 aromatic rings. The number of carboxylic acid groups (broad SMARTS) is 1. The number of carboxylic acids is 1. The summed E-state index contributed by atoms with van der Waals surface area (Å²) in [4.78, 5) is 13.9. The molecule has 0 radical (unpaired) electrons. The lowest BCUT2D eigenvalue weighted by atomic mass is 9.90. The van der Waals surface area contributed by atoms with Gasteiger partial charge >= 0.3 is 5.97 Å². The minimum absolute atomic E-state index is 0.200. The highest BCUT2D eigenvalue weighted by Crippen LogP contribution is 2.42. The maximum atomic E-state index is 13.4. The van der Waals surface area contributed by atoms with Crippen molar-refractivity contribution in [2.75, 3.05) is 31.1 Å². The van der Waals surface area contributed by atoms with Gasteiger partial charge in [0.25, 0.3) is 0 Å². The Bertz CT molecular complexity index is 1450. The van der Waals surface area contributed by atoms with E-state index in [1.165, 1.54) is 0 Å². The molecule has 2 saturated heterocycles. The van der Waals surface area contributed by atoms with Gasteiger partial charge in [-0.05, 0) is 29.8 Å². The van der Waals surface area contributed by atoms with Gasteiger partial charge in [-0.2, -0.15) is 0 Å². The third kappa shape index (κ3) is 3.26. The smallest absolute Gasteiger partial charge is 0.336 e. The van der Waals surface area contributed by atoms with E-state index in [9.17, 15) is 18.7 Å². The van der Waals surface area contributed by atoms with Gasteiger partial charge in [0.2, 0.25) is 11.5 Å². The lowest BCUT2D eigenvalue weighted by Gasteiger charge is -2.36. The standard InChI is InChI=1S/C26H20F2N2O3/c27-15-11-29(12-15)17-5-7-21-23(9-17)33-24-10-18(30-13-16(28)14-30)6-8-22(24)25(21)19-3-1-2-4-20(19)26(31)32/h1-10,15-16H,11-14H2/p+1. The predicted octanol–water partition coefficient (Wildman–Crippen LogP) is 4.18. The fraction of sp³-hybridized carbons (Fsp3) is 0.231. The third-order valence-corrected chi connectivity index (χ3v) is 6.52. The van der Waals surface area contributed by atoms with E-state index in [1.807, 2.05) is 51.9 Å². The summed E-state index contributed by atoms with van der Waals surface area (Å²) in [6, 6.07) is 18.3. The zero-order chi connectivity index (χ0) is 22.7. The normalized spacial score (nSPS) is 18.4. The van der Waals surface area contributed by atoms with Crippen LogP contribution in [0.15, 0.2) is 65.1 Å². The summed E-state index contributed by atoms with van der Waals surface area (Å²) >= 11 is 0. The van der Waals surface area contributed by atoms with Crippen LogP contribution in [0.4, 0.5) is 14.5 Å². The van der Waals surface area contributed by atoms with E-state index in [1.54, 1.807) is 18.2 Å². The predicted molar refractivity (Wildman–Crippen MR) is 122 cm³/mol. The molecule has 0 saturated carbocycles. The van der Waals surface area contributed by atoms with E-state index >= 15 is 0 Å². The van der Waals surface area contributed by atoms with Crippen LogP contribution in [0.2, 0.25) is 0 Å². The molecule has 3 heterocycles. The largest absolute Gasteiger partial charge is 0.478 e. The van der Waals surface area contributed by atoms with Crippen molar-refractivity contribution in [1.82, 2.24) is 4.58 Å². The zero-order valence-electron chi connectivity index (χ0n) is 17.7. The summed E-state index contributed by atoms with van der Waals surface area (Å²) in [5.74, 6) is -0.424. The van der Waals surface area contributed by atoms with Crippen molar-refractivity contribution in [3.05, 3.63) is 71.6 Å². The molecule has 0 unspecified atom stereocenters. The quantitative estimate of drug-likeness (QED) is 0.378. The monoisotopic (exact) mass is 447 g/mol. The highest BCUT2D eigenvalue weighted by Gasteiger charge is 2.32. The number of aromatic carboxylic acids is 1. The Morgan fingerprint density at radius 2 is 1.76 bits per heavy atom. The number of rotatable bonds is 3. The van der Waals surface area contributed by atoms with Gasteiger partial charge in [0.05, 0.1) is 24.7 Å². The lowest BCUT2D eigenvalue weighted by Crippen LogP contribution is -2.50. The number of nitrogens with zero attached hydrogens (tertiary/aromatic N) is 2. The van der Waals surface area contributed by atoms with Gasteiger partial charge in [-0.1, -0.05) is 18.2 Å². The number of hydrogen-bond acceptors (Lipinski definition) is 3. The topological polar surface area (TPSA) is 56.7 Å². The first kappa shape index (κ1) is 19.9. The fourth-order valence-electron chi connectivity index (χ4n) is 4.71. The highest BCUT2D eigenvalue weighted by molar-refractivity contribution is 6.07. The van der Waals surface area contributed by atoms with Crippen molar-refractivity contribution in [2.45, 2.75) is 12.3 Å². The Kier molecular flexibility index (Phi) is 4.47. The van der Waals surface area contributed by atoms with E-state index in [-0.39, 0.29) is 5.56 Å². The van der Waals surface area contributed by atoms with Gasteiger partial charge in [-0.3, -0.25) is 0 Å². The molecule has 6 rings (SSSR count). The highest BCUT2D eigenvalue weighted by atomic mass is 19.1. The summed E-state index contributed by atoms with van der Waals surface area (Å²) in [7, 11) is 0. The van der Waals surface area contributed by atoms with Crippen LogP contribution in [0, 0.1) is 0 Å². The Morgan fingerprint density at radius 1 is 0.970 bits per heavy atom. The summed E-state index contributed by atoms with van der Waals surface area (Å²) in [6.07, 6.45) is -1.66. The van der Waals surface area contributed by atoms with Gasteiger partial charge in [0.1, 0.15) is 17.5 Å². The third-order valence-electron chi connectivity index (χ3n) is 6.52.